The number of rotatable bonds is 7. The van der Waals surface area contributed by atoms with Crippen molar-refractivity contribution in [3.8, 4) is 0 Å². The lowest BCUT2D eigenvalue weighted by Crippen LogP contribution is -2.41. The summed E-state index contributed by atoms with van der Waals surface area (Å²) in [6.45, 7) is 6.53. The van der Waals surface area contributed by atoms with Crippen LogP contribution in [0.5, 0.6) is 0 Å². The standard InChI is InChI=1S/C12H20N2O4S/c1-4-18-8-11(9(2)3)14-19(16,17)10-5-6-12(15)13-7-10/h5-7,9,11,14H,4,8H2,1-3H3,(H,13,15). The van der Waals surface area contributed by atoms with Crippen LogP contribution in [-0.4, -0.2) is 32.7 Å². The molecule has 1 unspecified atom stereocenters. The lowest BCUT2D eigenvalue weighted by molar-refractivity contribution is 0.116. The molecule has 0 fully saturated rings. The Hall–Kier alpha value is -1.18. The van der Waals surface area contributed by atoms with Gasteiger partial charge in [0.1, 0.15) is 0 Å². The van der Waals surface area contributed by atoms with Crippen LogP contribution >= 0.6 is 0 Å². The van der Waals surface area contributed by atoms with Crippen molar-refractivity contribution in [1.82, 2.24) is 9.71 Å². The maximum atomic E-state index is 12.1. The Balaban J connectivity index is 2.87. The molecule has 0 aromatic carbocycles. The minimum Gasteiger partial charge on any atom is -0.380 e. The fourth-order valence-corrected chi connectivity index (χ4v) is 2.77. The first-order chi connectivity index (χ1) is 8.86. The quantitative estimate of drug-likeness (QED) is 0.773. The highest BCUT2D eigenvalue weighted by Gasteiger charge is 2.22. The topological polar surface area (TPSA) is 88.3 Å². The molecule has 1 heterocycles. The summed E-state index contributed by atoms with van der Waals surface area (Å²) < 4.78 is 32.1. The molecule has 0 saturated heterocycles. The van der Waals surface area contributed by atoms with E-state index in [0.717, 1.165) is 0 Å². The predicted molar refractivity (Wildman–Crippen MR) is 72.5 cm³/mol. The molecule has 0 aliphatic heterocycles. The number of ether oxygens (including phenoxy) is 1. The van der Waals surface area contributed by atoms with Gasteiger partial charge in [-0.05, 0) is 18.9 Å². The molecule has 1 atom stereocenters. The van der Waals surface area contributed by atoms with Crippen molar-refractivity contribution >= 4 is 10.0 Å². The summed E-state index contributed by atoms with van der Waals surface area (Å²) in [6.07, 6.45) is 1.18. The molecule has 1 rings (SSSR count). The van der Waals surface area contributed by atoms with Crippen molar-refractivity contribution in [3.05, 3.63) is 28.7 Å². The number of aromatic amines is 1. The summed E-state index contributed by atoms with van der Waals surface area (Å²) in [6, 6.07) is 2.15. The summed E-state index contributed by atoms with van der Waals surface area (Å²) in [5.41, 5.74) is -0.339. The van der Waals surface area contributed by atoms with Gasteiger partial charge in [0.25, 0.3) is 0 Å². The van der Waals surface area contributed by atoms with E-state index in [1.165, 1.54) is 18.3 Å². The highest BCUT2D eigenvalue weighted by atomic mass is 32.2. The molecule has 0 radical (unpaired) electrons. The molecule has 6 nitrogen and oxygen atoms in total. The molecular formula is C12H20N2O4S. The molecule has 0 spiro atoms. The number of aromatic nitrogens is 1. The molecule has 1 aromatic rings. The van der Waals surface area contributed by atoms with Gasteiger partial charge in [0, 0.05) is 24.9 Å². The van der Waals surface area contributed by atoms with E-state index >= 15 is 0 Å². The summed E-state index contributed by atoms with van der Waals surface area (Å²) in [5.74, 6) is 0.101. The third kappa shape index (κ3) is 4.77. The van der Waals surface area contributed by atoms with Gasteiger partial charge in [0.05, 0.1) is 11.5 Å². The monoisotopic (exact) mass is 288 g/mol. The van der Waals surface area contributed by atoms with E-state index in [1.807, 2.05) is 20.8 Å². The summed E-state index contributed by atoms with van der Waals surface area (Å²) >= 11 is 0. The predicted octanol–water partition coefficient (Wildman–Crippen LogP) is 0.714. The van der Waals surface area contributed by atoms with Crippen LogP contribution in [0.25, 0.3) is 0 Å². The SMILES string of the molecule is CCOCC(NS(=O)(=O)c1ccc(=O)[nH]c1)C(C)C. The number of nitrogens with one attached hydrogen (secondary N) is 2. The van der Waals surface area contributed by atoms with Crippen LogP contribution in [0.2, 0.25) is 0 Å². The van der Waals surface area contributed by atoms with Crippen molar-refractivity contribution < 1.29 is 13.2 Å². The number of hydrogen-bond acceptors (Lipinski definition) is 4. The van der Waals surface area contributed by atoms with Crippen LogP contribution in [0.3, 0.4) is 0 Å². The van der Waals surface area contributed by atoms with Crippen LogP contribution in [0.1, 0.15) is 20.8 Å². The molecule has 0 aliphatic rings. The Kier molecular flexibility index (Phi) is 5.71. The van der Waals surface area contributed by atoms with Gasteiger partial charge in [-0.25, -0.2) is 13.1 Å². The minimum absolute atomic E-state index is 0.0363. The number of hydrogen-bond donors (Lipinski definition) is 2. The molecule has 19 heavy (non-hydrogen) atoms. The van der Waals surface area contributed by atoms with Crippen LogP contribution in [0, 0.1) is 5.92 Å². The molecule has 0 amide bonds. The second-order valence-corrected chi connectivity index (χ2v) is 6.23. The van der Waals surface area contributed by atoms with Gasteiger partial charge in [-0.3, -0.25) is 4.79 Å². The maximum Gasteiger partial charge on any atom is 0.247 e. The Labute approximate surface area is 113 Å². The molecule has 0 bridgehead atoms. The second kappa shape index (κ2) is 6.83. The highest BCUT2D eigenvalue weighted by Crippen LogP contribution is 2.10. The molecule has 2 N–H and O–H groups in total. The third-order valence-electron chi connectivity index (χ3n) is 2.68. The number of H-pyrrole nitrogens is 1. The Morgan fingerprint density at radius 1 is 1.37 bits per heavy atom. The first-order valence-electron chi connectivity index (χ1n) is 6.15. The van der Waals surface area contributed by atoms with Crippen LogP contribution in [-0.2, 0) is 14.8 Å². The van der Waals surface area contributed by atoms with E-state index < -0.39 is 10.0 Å². The average molecular weight is 288 g/mol. The highest BCUT2D eigenvalue weighted by molar-refractivity contribution is 7.89. The van der Waals surface area contributed by atoms with Crippen molar-refractivity contribution in [3.63, 3.8) is 0 Å². The van der Waals surface area contributed by atoms with Crippen LogP contribution in [0.4, 0.5) is 0 Å². The lowest BCUT2D eigenvalue weighted by atomic mass is 10.1. The van der Waals surface area contributed by atoms with Crippen LogP contribution in [0.15, 0.2) is 28.0 Å². The summed E-state index contributed by atoms with van der Waals surface area (Å²) in [5, 5.41) is 0. The zero-order chi connectivity index (χ0) is 14.5. The van der Waals surface area contributed by atoms with Crippen molar-refractivity contribution in [2.75, 3.05) is 13.2 Å². The maximum absolute atomic E-state index is 12.1. The Bertz CT molecular complexity index is 531. The van der Waals surface area contributed by atoms with Gasteiger partial charge >= 0.3 is 0 Å². The van der Waals surface area contributed by atoms with Crippen molar-refractivity contribution in [1.29, 1.82) is 0 Å². The Morgan fingerprint density at radius 2 is 2.05 bits per heavy atom. The van der Waals surface area contributed by atoms with Crippen LogP contribution < -0.4 is 10.3 Å². The van der Waals surface area contributed by atoms with E-state index in [-0.39, 0.29) is 22.4 Å². The fourth-order valence-electron chi connectivity index (χ4n) is 1.44. The smallest absolute Gasteiger partial charge is 0.247 e. The summed E-state index contributed by atoms with van der Waals surface area (Å²) in [7, 11) is -3.65. The van der Waals surface area contributed by atoms with Gasteiger partial charge in [0.15, 0.2) is 0 Å². The van der Waals surface area contributed by atoms with Gasteiger partial charge < -0.3 is 9.72 Å². The molecule has 0 aliphatic carbocycles. The molecule has 7 heteroatoms. The zero-order valence-corrected chi connectivity index (χ0v) is 12.2. The fraction of sp³-hybridized carbons (Fsp3) is 0.583. The Morgan fingerprint density at radius 3 is 2.53 bits per heavy atom. The van der Waals surface area contributed by atoms with Gasteiger partial charge in [-0.2, -0.15) is 0 Å². The molecule has 0 saturated carbocycles. The molecule has 108 valence electrons. The molecular weight excluding hydrogens is 268 g/mol. The zero-order valence-electron chi connectivity index (χ0n) is 11.3. The van der Waals surface area contributed by atoms with Gasteiger partial charge in [-0.15, -0.1) is 0 Å². The molecule has 1 aromatic heterocycles. The average Bonchev–Trinajstić information content (AvgIpc) is 2.34. The van der Waals surface area contributed by atoms with Crippen molar-refractivity contribution in [2.24, 2.45) is 5.92 Å². The number of sulfonamides is 1. The van der Waals surface area contributed by atoms with Gasteiger partial charge in [-0.1, -0.05) is 13.8 Å². The van der Waals surface area contributed by atoms with E-state index in [2.05, 4.69) is 9.71 Å². The van der Waals surface area contributed by atoms with E-state index in [0.29, 0.717) is 13.2 Å². The third-order valence-corrected chi connectivity index (χ3v) is 4.17. The first-order valence-corrected chi connectivity index (χ1v) is 7.64. The lowest BCUT2D eigenvalue weighted by Gasteiger charge is -2.21. The van der Waals surface area contributed by atoms with Crippen molar-refractivity contribution in [2.45, 2.75) is 31.7 Å². The van der Waals surface area contributed by atoms with E-state index in [4.69, 9.17) is 4.74 Å². The largest absolute Gasteiger partial charge is 0.380 e. The second-order valence-electron chi connectivity index (χ2n) is 4.52. The normalized spacial score (nSPS) is 13.7. The van der Waals surface area contributed by atoms with E-state index in [9.17, 15) is 13.2 Å². The minimum atomic E-state index is -3.65. The van der Waals surface area contributed by atoms with E-state index in [1.54, 1.807) is 0 Å². The first kappa shape index (κ1) is 15.9. The number of pyridine rings is 1. The van der Waals surface area contributed by atoms with Gasteiger partial charge in [0.2, 0.25) is 15.6 Å². The summed E-state index contributed by atoms with van der Waals surface area (Å²) in [4.78, 5) is 13.3.